The number of carboxylic acids is 1. The lowest BCUT2D eigenvalue weighted by atomic mass is 10.0. The second kappa shape index (κ2) is 18.4. The SMILES string of the molecule is COP(=O)([O-])OC(CCOP(=O)([O-])OCCC(OC(=O)N[C@@H](Cc1ccccc1)C(=O)O)c1ccccc1[N+](=O)[O-])c1ccccc1[N+](=O)[O-]. The van der Waals surface area contributed by atoms with E-state index in [0.29, 0.717) is 5.56 Å². The Hall–Kier alpha value is -4.58. The van der Waals surface area contributed by atoms with Gasteiger partial charge in [-0.25, -0.2) is 9.59 Å². The summed E-state index contributed by atoms with van der Waals surface area (Å²) < 4.78 is 48.7. The molecular weight excluding hydrogens is 708 g/mol. The van der Waals surface area contributed by atoms with Gasteiger partial charge in [0.25, 0.3) is 27.0 Å². The van der Waals surface area contributed by atoms with E-state index in [4.69, 9.17) is 18.3 Å². The molecule has 50 heavy (non-hydrogen) atoms. The fraction of sp³-hybridized carbons (Fsp3) is 0.310. The van der Waals surface area contributed by atoms with Crippen molar-refractivity contribution in [1.29, 1.82) is 0 Å². The molecule has 21 heteroatoms. The van der Waals surface area contributed by atoms with E-state index in [-0.39, 0.29) is 17.5 Å². The number of rotatable bonds is 20. The number of aliphatic carboxylic acids is 1. The van der Waals surface area contributed by atoms with Crippen LogP contribution in [0.2, 0.25) is 0 Å². The highest BCUT2D eigenvalue weighted by Crippen LogP contribution is 2.47. The van der Waals surface area contributed by atoms with Gasteiger partial charge in [0.15, 0.2) is 0 Å². The minimum absolute atomic E-state index is 0.122. The lowest BCUT2D eigenvalue weighted by molar-refractivity contribution is -0.386. The van der Waals surface area contributed by atoms with Crippen molar-refractivity contribution in [3.8, 4) is 0 Å². The van der Waals surface area contributed by atoms with E-state index in [0.717, 1.165) is 19.2 Å². The number of benzene rings is 3. The summed E-state index contributed by atoms with van der Waals surface area (Å²) >= 11 is 0. The molecule has 0 saturated carbocycles. The minimum Gasteiger partial charge on any atom is -0.756 e. The summed E-state index contributed by atoms with van der Waals surface area (Å²) in [7, 11) is -9.38. The van der Waals surface area contributed by atoms with Crippen LogP contribution in [0.1, 0.15) is 41.7 Å². The number of nitro benzene ring substituents is 2. The number of phosphoric ester groups is 2. The molecule has 0 spiro atoms. The maximum Gasteiger partial charge on any atom is 0.408 e. The molecule has 270 valence electrons. The van der Waals surface area contributed by atoms with Crippen LogP contribution >= 0.6 is 15.6 Å². The van der Waals surface area contributed by atoms with Crippen LogP contribution in [-0.4, -0.2) is 53.4 Å². The Labute approximate surface area is 284 Å². The van der Waals surface area contributed by atoms with Crippen LogP contribution in [0.15, 0.2) is 78.9 Å². The van der Waals surface area contributed by atoms with Gasteiger partial charge in [-0.2, -0.15) is 0 Å². The highest BCUT2D eigenvalue weighted by molar-refractivity contribution is 7.46. The van der Waals surface area contributed by atoms with Crippen LogP contribution in [0.3, 0.4) is 0 Å². The first kappa shape index (κ1) is 39.9. The number of carboxylic acid groups (broad SMARTS) is 1. The topological polar surface area (TPSA) is 279 Å². The van der Waals surface area contributed by atoms with Crippen molar-refractivity contribution in [2.45, 2.75) is 37.5 Å². The van der Waals surface area contributed by atoms with Crippen LogP contribution in [-0.2, 0) is 43.2 Å². The van der Waals surface area contributed by atoms with Gasteiger partial charge in [0.1, 0.15) is 12.1 Å². The van der Waals surface area contributed by atoms with Gasteiger partial charge in [0.05, 0.1) is 40.3 Å². The average Bonchev–Trinajstić information content (AvgIpc) is 3.07. The summed E-state index contributed by atoms with van der Waals surface area (Å²) in [5.41, 5.74) is -0.797. The number of phosphoric acid groups is 2. The number of carbonyl (C=O) groups is 2. The number of nitro groups is 2. The molecule has 0 bridgehead atoms. The van der Waals surface area contributed by atoms with Crippen LogP contribution < -0.4 is 15.1 Å². The van der Waals surface area contributed by atoms with Gasteiger partial charge in [0, 0.05) is 38.5 Å². The molecule has 3 aromatic rings. The first-order valence-electron chi connectivity index (χ1n) is 14.5. The smallest absolute Gasteiger partial charge is 0.408 e. The molecule has 3 rings (SSSR count). The number of para-hydroxylation sites is 2. The molecular formula is C29H31N3O16P2-2. The van der Waals surface area contributed by atoms with Gasteiger partial charge in [-0.3, -0.25) is 29.4 Å². The van der Waals surface area contributed by atoms with Crippen LogP contribution in [0.4, 0.5) is 16.2 Å². The third-order valence-electron chi connectivity index (χ3n) is 6.82. The fourth-order valence-electron chi connectivity index (χ4n) is 4.53. The monoisotopic (exact) mass is 739 g/mol. The first-order valence-corrected chi connectivity index (χ1v) is 17.4. The van der Waals surface area contributed by atoms with Gasteiger partial charge in [-0.15, -0.1) is 0 Å². The Bertz CT molecular complexity index is 1740. The molecule has 3 aromatic carbocycles. The largest absolute Gasteiger partial charge is 0.756 e. The van der Waals surface area contributed by atoms with E-state index in [9.17, 15) is 53.8 Å². The van der Waals surface area contributed by atoms with Crippen LogP contribution in [0.5, 0.6) is 0 Å². The normalized spacial score (nSPS) is 15.4. The Morgan fingerprint density at radius 2 is 1.26 bits per heavy atom. The van der Waals surface area contributed by atoms with E-state index in [1.54, 1.807) is 30.3 Å². The number of hydrogen-bond donors (Lipinski definition) is 2. The van der Waals surface area contributed by atoms with Crippen molar-refractivity contribution in [3.63, 3.8) is 0 Å². The molecule has 0 aliphatic heterocycles. The first-order chi connectivity index (χ1) is 23.6. The number of ether oxygens (including phenoxy) is 1. The van der Waals surface area contributed by atoms with E-state index >= 15 is 0 Å². The van der Waals surface area contributed by atoms with Gasteiger partial charge in [0.2, 0.25) is 0 Å². The predicted molar refractivity (Wildman–Crippen MR) is 167 cm³/mol. The quantitative estimate of drug-likeness (QED) is 0.0936. The molecule has 0 fully saturated rings. The van der Waals surface area contributed by atoms with Gasteiger partial charge in [-0.05, 0) is 17.7 Å². The number of alkyl carbamates (subject to hydrolysis) is 1. The Morgan fingerprint density at radius 1 is 0.780 bits per heavy atom. The molecule has 2 N–H and O–H groups in total. The molecule has 0 heterocycles. The van der Waals surface area contributed by atoms with Crippen molar-refractivity contribution in [3.05, 3.63) is 116 Å². The lowest BCUT2D eigenvalue weighted by Gasteiger charge is -2.28. The highest BCUT2D eigenvalue weighted by Gasteiger charge is 2.29. The number of hydrogen-bond acceptors (Lipinski definition) is 15. The number of nitrogens with zero attached hydrogens (tertiary/aromatic N) is 2. The molecule has 19 nitrogen and oxygen atoms in total. The number of carbonyl (C=O) groups excluding carboxylic acids is 1. The summed E-state index contributed by atoms with van der Waals surface area (Å²) in [6, 6.07) is 16.9. The van der Waals surface area contributed by atoms with E-state index in [2.05, 4.69) is 9.84 Å². The molecule has 0 radical (unpaired) electrons. The van der Waals surface area contributed by atoms with E-state index < -0.39 is 93.2 Å². The predicted octanol–water partition coefficient (Wildman–Crippen LogP) is 4.12. The van der Waals surface area contributed by atoms with Gasteiger partial charge >= 0.3 is 12.1 Å². The molecule has 4 unspecified atom stereocenters. The third kappa shape index (κ3) is 12.4. The Morgan fingerprint density at radius 3 is 1.76 bits per heavy atom. The Balaban J connectivity index is 1.70. The van der Waals surface area contributed by atoms with Crippen molar-refractivity contribution in [1.82, 2.24) is 5.32 Å². The lowest BCUT2D eigenvalue weighted by Crippen LogP contribution is -2.43. The molecule has 5 atom stereocenters. The molecule has 0 aliphatic carbocycles. The van der Waals surface area contributed by atoms with Crippen molar-refractivity contribution in [2.75, 3.05) is 20.3 Å². The van der Waals surface area contributed by atoms with Crippen molar-refractivity contribution < 1.29 is 66.3 Å². The molecule has 0 aromatic heterocycles. The zero-order chi connectivity index (χ0) is 36.9. The second-order valence-corrected chi connectivity index (χ2v) is 13.0. The number of amides is 1. The molecule has 1 amide bonds. The average molecular weight is 740 g/mol. The zero-order valence-corrected chi connectivity index (χ0v) is 27.9. The third-order valence-corrected chi connectivity index (χ3v) is 8.78. The van der Waals surface area contributed by atoms with Gasteiger partial charge < -0.3 is 43.0 Å². The molecule has 0 aliphatic rings. The summed E-state index contributed by atoms with van der Waals surface area (Å²) in [5, 5.41) is 35.0. The standard InChI is InChI=1S/C29H33N3O16P2/c1-44-49(40,41)48-27(22-12-6-8-14-25(22)32(38)39)16-18-46-50(42,43)45-17-15-26(21-11-5-7-13-24(21)31(36)37)47-29(35)30-23(28(33)34)19-20-9-3-2-4-10-20/h2-14,23,26-27H,15-19H2,1H3,(H,30,35)(H,33,34)(H,40,41)(H,42,43)/p-2/t23-,26?,27?/m0/s1. The maximum absolute atomic E-state index is 12.8. The maximum atomic E-state index is 12.8. The highest BCUT2D eigenvalue weighted by atomic mass is 31.2. The summed E-state index contributed by atoms with van der Waals surface area (Å²) in [5.74, 6) is -1.39. The van der Waals surface area contributed by atoms with Gasteiger partial charge in [-0.1, -0.05) is 54.6 Å². The zero-order valence-electron chi connectivity index (χ0n) is 26.1. The number of nitrogens with one attached hydrogen (secondary N) is 1. The summed E-state index contributed by atoms with van der Waals surface area (Å²) in [6.07, 6.45) is -5.56. The van der Waals surface area contributed by atoms with Crippen molar-refractivity contribution in [2.24, 2.45) is 0 Å². The summed E-state index contributed by atoms with van der Waals surface area (Å²) in [6.45, 7) is -1.55. The van der Waals surface area contributed by atoms with E-state index in [1.807, 2.05) is 0 Å². The van der Waals surface area contributed by atoms with Crippen molar-refractivity contribution >= 4 is 39.1 Å². The van der Waals surface area contributed by atoms with Crippen LogP contribution in [0.25, 0.3) is 0 Å². The minimum atomic E-state index is -5.20. The summed E-state index contributed by atoms with van der Waals surface area (Å²) in [4.78, 5) is 70.8. The molecule has 0 saturated heterocycles. The van der Waals surface area contributed by atoms with E-state index in [1.165, 1.54) is 36.4 Å². The fourth-order valence-corrected chi connectivity index (χ4v) is 5.88. The van der Waals surface area contributed by atoms with Crippen LogP contribution in [0, 0.1) is 20.2 Å². The Kier molecular flexibility index (Phi) is 14.7. The second-order valence-electron chi connectivity index (χ2n) is 10.2.